The van der Waals surface area contributed by atoms with Crippen LogP contribution >= 0.6 is 23.4 Å². The van der Waals surface area contributed by atoms with Crippen LogP contribution in [0.25, 0.3) is 0 Å². The Morgan fingerprint density at radius 1 is 1.29 bits per heavy atom. The Morgan fingerprint density at radius 3 is 2.43 bits per heavy atom. The van der Waals surface area contributed by atoms with Gasteiger partial charge in [-0.25, -0.2) is 4.99 Å². The molecule has 0 amide bonds. The lowest BCUT2D eigenvalue weighted by molar-refractivity contribution is 1.30. The third-order valence-corrected chi connectivity index (χ3v) is 2.95. The molecule has 76 valence electrons. The SMILES string of the molecule is CCSC(CC)=Nc1ccc(Cl)cc1. The van der Waals surface area contributed by atoms with Crippen LogP contribution in [0.5, 0.6) is 0 Å². The van der Waals surface area contributed by atoms with E-state index in [1.807, 2.05) is 24.3 Å². The summed E-state index contributed by atoms with van der Waals surface area (Å²) in [6, 6.07) is 7.61. The van der Waals surface area contributed by atoms with Crippen molar-refractivity contribution in [3.05, 3.63) is 29.3 Å². The molecule has 0 radical (unpaired) electrons. The van der Waals surface area contributed by atoms with Gasteiger partial charge in [-0.3, -0.25) is 0 Å². The molecule has 0 saturated carbocycles. The van der Waals surface area contributed by atoms with Gasteiger partial charge in [0.15, 0.2) is 0 Å². The second-order valence-corrected chi connectivity index (χ2v) is 4.54. The molecule has 0 aliphatic heterocycles. The Balaban J connectivity index is 2.78. The number of hydrogen-bond donors (Lipinski definition) is 0. The summed E-state index contributed by atoms with van der Waals surface area (Å²) in [5, 5.41) is 1.93. The molecule has 0 spiro atoms. The molecule has 14 heavy (non-hydrogen) atoms. The first kappa shape index (κ1) is 11.6. The second-order valence-electron chi connectivity index (χ2n) is 2.77. The standard InChI is InChI=1S/C11H14ClNS/c1-3-11(14-4-2)13-10-7-5-9(12)6-8-10/h5-8H,3-4H2,1-2H3. The average Bonchev–Trinajstić information content (AvgIpc) is 2.20. The van der Waals surface area contributed by atoms with E-state index >= 15 is 0 Å². The van der Waals surface area contributed by atoms with Crippen molar-refractivity contribution in [2.45, 2.75) is 20.3 Å². The minimum Gasteiger partial charge on any atom is -0.247 e. The Labute approximate surface area is 94.6 Å². The monoisotopic (exact) mass is 227 g/mol. The zero-order chi connectivity index (χ0) is 10.4. The summed E-state index contributed by atoms with van der Waals surface area (Å²) >= 11 is 7.58. The second kappa shape index (κ2) is 6.10. The van der Waals surface area contributed by atoms with Gasteiger partial charge in [0.2, 0.25) is 0 Å². The highest BCUT2D eigenvalue weighted by Crippen LogP contribution is 2.19. The van der Waals surface area contributed by atoms with E-state index in [2.05, 4.69) is 18.8 Å². The van der Waals surface area contributed by atoms with Gasteiger partial charge in [0, 0.05) is 5.02 Å². The summed E-state index contributed by atoms with van der Waals surface area (Å²) in [5.74, 6) is 1.07. The number of aliphatic imine (C=N–C) groups is 1. The van der Waals surface area contributed by atoms with Gasteiger partial charge >= 0.3 is 0 Å². The molecule has 1 nitrogen and oxygen atoms in total. The van der Waals surface area contributed by atoms with Gasteiger partial charge in [-0.1, -0.05) is 25.4 Å². The highest BCUT2D eigenvalue weighted by atomic mass is 35.5. The Kier molecular flexibility index (Phi) is 5.05. The fourth-order valence-corrected chi connectivity index (χ4v) is 1.87. The lowest BCUT2D eigenvalue weighted by Crippen LogP contribution is -1.88. The molecule has 1 aromatic rings. The number of rotatable bonds is 3. The molecule has 1 aromatic carbocycles. The summed E-state index contributed by atoms with van der Waals surface area (Å²) in [5.41, 5.74) is 0.979. The fraction of sp³-hybridized carbons (Fsp3) is 0.364. The van der Waals surface area contributed by atoms with Crippen LogP contribution < -0.4 is 0 Å². The van der Waals surface area contributed by atoms with Crippen molar-refractivity contribution in [1.29, 1.82) is 0 Å². The smallest absolute Gasteiger partial charge is 0.0735 e. The van der Waals surface area contributed by atoms with Crippen molar-refractivity contribution in [2.24, 2.45) is 4.99 Å². The van der Waals surface area contributed by atoms with E-state index in [0.717, 1.165) is 22.9 Å². The number of halogens is 1. The summed E-state index contributed by atoms with van der Waals surface area (Å²) in [7, 11) is 0. The van der Waals surface area contributed by atoms with E-state index < -0.39 is 0 Å². The van der Waals surface area contributed by atoms with Crippen LogP contribution in [0.4, 0.5) is 5.69 Å². The van der Waals surface area contributed by atoms with Crippen molar-refractivity contribution < 1.29 is 0 Å². The van der Waals surface area contributed by atoms with Gasteiger partial charge < -0.3 is 0 Å². The van der Waals surface area contributed by atoms with Gasteiger partial charge in [-0.15, -0.1) is 11.8 Å². The van der Waals surface area contributed by atoms with E-state index in [4.69, 9.17) is 11.6 Å². The first-order valence-corrected chi connectivity index (χ1v) is 6.08. The molecule has 0 aliphatic rings. The van der Waals surface area contributed by atoms with Crippen molar-refractivity contribution in [3.63, 3.8) is 0 Å². The van der Waals surface area contributed by atoms with E-state index in [-0.39, 0.29) is 0 Å². The summed E-state index contributed by atoms with van der Waals surface area (Å²) in [6.45, 7) is 4.26. The molecule has 0 unspecified atom stereocenters. The normalized spacial score (nSPS) is 11.8. The molecular formula is C11H14ClNS. The maximum Gasteiger partial charge on any atom is 0.0735 e. The van der Waals surface area contributed by atoms with Crippen LogP contribution in [0.3, 0.4) is 0 Å². The van der Waals surface area contributed by atoms with Gasteiger partial charge in [0.25, 0.3) is 0 Å². The Bertz CT molecular complexity index is 306. The highest BCUT2D eigenvalue weighted by molar-refractivity contribution is 8.13. The predicted octanol–water partition coefficient (Wildman–Crippen LogP) is 4.53. The minimum absolute atomic E-state index is 0.755. The third kappa shape index (κ3) is 3.72. The van der Waals surface area contributed by atoms with Crippen LogP contribution in [-0.2, 0) is 0 Å². The molecule has 0 atom stereocenters. The van der Waals surface area contributed by atoms with Crippen LogP contribution in [0, 0.1) is 0 Å². The summed E-state index contributed by atoms with van der Waals surface area (Å²) in [4.78, 5) is 4.53. The Hall–Kier alpha value is -0.470. The largest absolute Gasteiger partial charge is 0.247 e. The number of thioether (sulfide) groups is 1. The van der Waals surface area contributed by atoms with Gasteiger partial charge in [-0.2, -0.15) is 0 Å². The van der Waals surface area contributed by atoms with Gasteiger partial charge in [0.05, 0.1) is 10.7 Å². The predicted molar refractivity (Wildman–Crippen MR) is 67.0 cm³/mol. The molecule has 0 heterocycles. The average molecular weight is 228 g/mol. The van der Waals surface area contributed by atoms with Gasteiger partial charge in [0.1, 0.15) is 0 Å². The molecule has 1 rings (SSSR count). The molecule has 0 aliphatic carbocycles. The van der Waals surface area contributed by atoms with Crippen molar-refractivity contribution in [3.8, 4) is 0 Å². The minimum atomic E-state index is 0.755. The Morgan fingerprint density at radius 2 is 1.93 bits per heavy atom. The van der Waals surface area contributed by atoms with E-state index in [1.54, 1.807) is 11.8 Å². The first-order chi connectivity index (χ1) is 6.76. The lowest BCUT2D eigenvalue weighted by Gasteiger charge is -2.01. The summed E-state index contributed by atoms with van der Waals surface area (Å²) in [6.07, 6.45) is 0.987. The summed E-state index contributed by atoms with van der Waals surface area (Å²) < 4.78 is 0. The van der Waals surface area contributed by atoms with Crippen molar-refractivity contribution in [1.82, 2.24) is 0 Å². The highest BCUT2D eigenvalue weighted by Gasteiger charge is 1.96. The number of benzene rings is 1. The molecule has 0 aromatic heterocycles. The molecule has 0 saturated heterocycles. The first-order valence-electron chi connectivity index (χ1n) is 4.72. The molecular weight excluding hydrogens is 214 g/mol. The zero-order valence-corrected chi connectivity index (χ0v) is 10.0. The maximum absolute atomic E-state index is 5.79. The molecule has 0 bridgehead atoms. The fourth-order valence-electron chi connectivity index (χ4n) is 1.04. The van der Waals surface area contributed by atoms with Crippen molar-refractivity contribution in [2.75, 3.05) is 5.75 Å². The van der Waals surface area contributed by atoms with E-state index in [9.17, 15) is 0 Å². The van der Waals surface area contributed by atoms with Gasteiger partial charge in [-0.05, 0) is 36.4 Å². The molecule has 0 fully saturated rings. The zero-order valence-electron chi connectivity index (χ0n) is 8.46. The van der Waals surface area contributed by atoms with Crippen molar-refractivity contribution >= 4 is 34.1 Å². The van der Waals surface area contributed by atoms with E-state index in [0.29, 0.717) is 0 Å². The van der Waals surface area contributed by atoms with Crippen LogP contribution in [0.15, 0.2) is 29.3 Å². The quantitative estimate of drug-likeness (QED) is 0.546. The number of hydrogen-bond acceptors (Lipinski definition) is 2. The molecule has 0 N–H and O–H groups in total. The molecule has 3 heteroatoms. The topological polar surface area (TPSA) is 12.4 Å². The van der Waals surface area contributed by atoms with Crippen LogP contribution in [0.1, 0.15) is 20.3 Å². The lowest BCUT2D eigenvalue weighted by atomic mass is 10.3. The number of nitrogens with zero attached hydrogens (tertiary/aromatic N) is 1. The van der Waals surface area contributed by atoms with Crippen LogP contribution in [0.2, 0.25) is 5.02 Å². The van der Waals surface area contributed by atoms with Crippen LogP contribution in [-0.4, -0.2) is 10.8 Å². The maximum atomic E-state index is 5.79. The van der Waals surface area contributed by atoms with E-state index in [1.165, 1.54) is 5.04 Å². The third-order valence-electron chi connectivity index (χ3n) is 1.69.